The van der Waals surface area contributed by atoms with Gasteiger partial charge < -0.3 is 9.47 Å². The van der Waals surface area contributed by atoms with E-state index in [1.165, 1.54) is 0 Å². The molecule has 0 aromatic heterocycles. The van der Waals surface area contributed by atoms with Crippen LogP contribution in [0.5, 0.6) is 0 Å². The van der Waals surface area contributed by atoms with E-state index in [0.29, 0.717) is 6.42 Å². The zero-order chi connectivity index (χ0) is 14.5. The normalized spacial score (nSPS) is 8.84. The summed E-state index contributed by atoms with van der Waals surface area (Å²) in [6.45, 7) is 5.29. The molecule has 0 spiro atoms. The lowest BCUT2D eigenvalue weighted by molar-refractivity contribution is -0.160. The highest BCUT2D eigenvalue weighted by Gasteiger charge is 2.28. The third-order valence-corrected chi connectivity index (χ3v) is 2.34. The van der Waals surface area contributed by atoms with Gasteiger partial charge in [0.05, 0.1) is 0 Å². The molecule has 0 amide bonds. The van der Waals surface area contributed by atoms with E-state index in [1.54, 1.807) is 13.8 Å². The molecule has 0 atom stereocenters. The first-order chi connectivity index (χ1) is 9.17. The van der Waals surface area contributed by atoms with Crippen molar-refractivity contribution in [2.45, 2.75) is 40.0 Å². The molecule has 0 aromatic rings. The maximum Gasteiger partial charge on any atom is 0.321 e. The number of hydrogen-bond donors (Lipinski definition) is 0. The van der Waals surface area contributed by atoms with Gasteiger partial charge in [0.15, 0.2) is 19.1 Å². The average molecular weight is 264 g/mol. The van der Waals surface area contributed by atoms with E-state index in [9.17, 15) is 9.59 Å². The highest BCUT2D eigenvalue weighted by Crippen LogP contribution is 2.12. The van der Waals surface area contributed by atoms with E-state index < -0.39 is 17.9 Å². The minimum atomic E-state index is -0.878. The summed E-state index contributed by atoms with van der Waals surface area (Å²) in [5.41, 5.74) is 0. The number of unbranched alkanes of at least 4 members (excludes halogenated alkanes) is 1. The van der Waals surface area contributed by atoms with Gasteiger partial charge in [-0.15, -0.1) is 11.8 Å². The second-order valence-electron chi connectivity index (χ2n) is 3.76. The molecule has 0 saturated carbocycles. The fraction of sp³-hybridized carbons (Fsp3) is 0.600. The molecule has 0 heterocycles. The van der Waals surface area contributed by atoms with Gasteiger partial charge in [-0.05, 0) is 20.3 Å². The molecule has 0 aliphatic rings. The molecule has 104 valence electrons. The van der Waals surface area contributed by atoms with Crippen molar-refractivity contribution in [1.82, 2.24) is 0 Å². The molecule has 0 N–H and O–H groups in total. The lowest BCUT2D eigenvalue weighted by Crippen LogP contribution is -2.28. The molecule has 0 radical (unpaired) electrons. The average Bonchev–Trinajstić information content (AvgIpc) is 2.40. The van der Waals surface area contributed by atoms with Gasteiger partial charge in [-0.1, -0.05) is 31.6 Å². The quantitative estimate of drug-likeness (QED) is 0.400. The molecule has 19 heavy (non-hydrogen) atoms. The van der Waals surface area contributed by atoms with Crippen LogP contribution in [-0.4, -0.2) is 25.2 Å². The molecule has 0 aliphatic heterocycles. The Bertz CT molecular complexity index is 367. The van der Waals surface area contributed by atoms with Crippen molar-refractivity contribution in [3.05, 3.63) is 0 Å². The van der Waals surface area contributed by atoms with Crippen molar-refractivity contribution in [3.63, 3.8) is 0 Å². The number of carbonyl (C=O) groups is 2. The molecule has 0 bridgehead atoms. The molecule has 0 unspecified atom stereocenters. The van der Waals surface area contributed by atoms with Crippen molar-refractivity contribution < 1.29 is 19.1 Å². The van der Waals surface area contributed by atoms with Gasteiger partial charge in [0.2, 0.25) is 0 Å². The summed E-state index contributed by atoms with van der Waals surface area (Å²) in [5, 5.41) is 0. The van der Waals surface area contributed by atoms with Gasteiger partial charge in [-0.25, -0.2) is 0 Å². The summed E-state index contributed by atoms with van der Waals surface area (Å²) >= 11 is 0. The second-order valence-corrected chi connectivity index (χ2v) is 3.76. The molecule has 0 aliphatic carbocycles. The third-order valence-electron chi connectivity index (χ3n) is 2.34. The van der Waals surface area contributed by atoms with Crippen LogP contribution in [0.1, 0.15) is 40.0 Å². The summed E-state index contributed by atoms with van der Waals surface area (Å²) in [4.78, 5) is 23.5. The Labute approximate surface area is 114 Å². The minimum absolute atomic E-state index is 0.00000386. The van der Waals surface area contributed by atoms with Gasteiger partial charge in [-0.3, -0.25) is 9.59 Å². The van der Waals surface area contributed by atoms with Gasteiger partial charge in [0.25, 0.3) is 0 Å². The number of carbonyl (C=O) groups excluding carboxylic acids is 2. The fourth-order valence-corrected chi connectivity index (χ4v) is 1.30. The van der Waals surface area contributed by atoms with Crippen LogP contribution in [0.15, 0.2) is 0 Å². The van der Waals surface area contributed by atoms with Crippen molar-refractivity contribution in [2.75, 3.05) is 13.2 Å². The number of rotatable bonds is 7. The molecule has 0 rings (SSSR count). The summed E-state index contributed by atoms with van der Waals surface area (Å²) in [5.74, 6) is 8.42. The highest BCUT2D eigenvalue weighted by molar-refractivity contribution is 5.95. The maximum atomic E-state index is 11.8. The maximum absolute atomic E-state index is 11.8. The summed E-state index contributed by atoms with van der Waals surface area (Å²) in [6.07, 6.45) is 2.07. The van der Waals surface area contributed by atoms with Crippen LogP contribution in [0.25, 0.3) is 0 Å². The molecule has 4 nitrogen and oxygen atoms in total. The number of esters is 2. The van der Waals surface area contributed by atoms with E-state index in [0.717, 1.165) is 12.8 Å². The SMILES string of the molecule is CC#CCOC(=O)C(CCCC)C(=O)OCC#CC. The van der Waals surface area contributed by atoms with Gasteiger partial charge in [-0.2, -0.15) is 0 Å². The standard InChI is InChI=1S/C15H20O4/c1-4-7-10-13(14(16)18-11-8-5-2)15(17)19-12-9-6-3/h13H,4,7,10-12H2,1-3H3. The lowest BCUT2D eigenvalue weighted by atomic mass is 10.0. The first-order valence-electron chi connectivity index (χ1n) is 6.29. The highest BCUT2D eigenvalue weighted by atomic mass is 16.6. The summed E-state index contributed by atoms with van der Waals surface area (Å²) in [7, 11) is 0. The second kappa shape index (κ2) is 11.2. The minimum Gasteiger partial charge on any atom is -0.452 e. The van der Waals surface area contributed by atoms with Crippen molar-refractivity contribution in [2.24, 2.45) is 5.92 Å². The van der Waals surface area contributed by atoms with Crippen molar-refractivity contribution in [1.29, 1.82) is 0 Å². The first-order valence-corrected chi connectivity index (χ1v) is 6.29. The van der Waals surface area contributed by atoms with Crippen LogP contribution in [0.4, 0.5) is 0 Å². The van der Waals surface area contributed by atoms with Crippen LogP contribution in [-0.2, 0) is 19.1 Å². The Hall–Kier alpha value is -1.94. The van der Waals surface area contributed by atoms with Crippen molar-refractivity contribution in [3.8, 4) is 23.7 Å². The topological polar surface area (TPSA) is 52.6 Å². The van der Waals surface area contributed by atoms with E-state index in [2.05, 4.69) is 23.7 Å². The lowest BCUT2D eigenvalue weighted by Gasteiger charge is -2.13. The van der Waals surface area contributed by atoms with Crippen LogP contribution in [0.2, 0.25) is 0 Å². The largest absolute Gasteiger partial charge is 0.452 e. The predicted molar refractivity (Wildman–Crippen MR) is 71.8 cm³/mol. The Kier molecular flexibility index (Phi) is 10.0. The fourth-order valence-electron chi connectivity index (χ4n) is 1.30. The summed E-state index contributed by atoms with van der Waals surface area (Å²) in [6, 6.07) is 0. The van der Waals surface area contributed by atoms with E-state index >= 15 is 0 Å². The summed E-state index contributed by atoms with van der Waals surface area (Å²) < 4.78 is 9.84. The Morgan fingerprint density at radius 2 is 1.47 bits per heavy atom. The van der Waals surface area contributed by atoms with E-state index in [1.807, 2.05) is 6.92 Å². The Morgan fingerprint density at radius 1 is 1.00 bits per heavy atom. The Balaban J connectivity index is 4.46. The molecule has 0 aromatic carbocycles. The first kappa shape index (κ1) is 17.1. The van der Waals surface area contributed by atoms with Crippen molar-refractivity contribution >= 4 is 11.9 Å². The molecular formula is C15H20O4. The zero-order valence-corrected chi connectivity index (χ0v) is 11.7. The molecule has 0 saturated heterocycles. The predicted octanol–water partition coefficient (Wildman–Crippen LogP) is 1.93. The molecule has 0 fully saturated rings. The Morgan fingerprint density at radius 3 is 1.84 bits per heavy atom. The van der Waals surface area contributed by atoms with E-state index in [4.69, 9.17) is 9.47 Å². The van der Waals surface area contributed by atoms with Crippen LogP contribution in [0.3, 0.4) is 0 Å². The van der Waals surface area contributed by atoms with Gasteiger partial charge >= 0.3 is 11.9 Å². The zero-order valence-electron chi connectivity index (χ0n) is 11.7. The number of hydrogen-bond acceptors (Lipinski definition) is 4. The van der Waals surface area contributed by atoms with Crippen LogP contribution < -0.4 is 0 Å². The van der Waals surface area contributed by atoms with Crippen LogP contribution >= 0.6 is 0 Å². The van der Waals surface area contributed by atoms with E-state index in [-0.39, 0.29) is 13.2 Å². The molecular weight excluding hydrogens is 244 g/mol. The molecule has 4 heteroatoms. The monoisotopic (exact) mass is 264 g/mol. The van der Waals surface area contributed by atoms with Crippen LogP contribution in [0, 0.1) is 29.6 Å². The number of ether oxygens (including phenoxy) is 2. The van der Waals surface area contributed by atoms with Gasteiger partial charge in [0.1, 0.15) is 0 Å². The third kappa shape index (κ3) is 7.89. The smallest absolute Gasteiger partial charge is 0.321 e. The van der Waals surface area contributed by atoms with Gasteiger partial charge in [0, 0.05) is 0 Å².